The summed E-state index contributed by atoms with van der Waals surface area (Å²) in [4.78, 5) is 10.4. The van der Waals surface area contributed by atoms with E-state index in [0.717, 1.165) is 31.0 Å². The number of aromatic nitrogens is 2. The molecular weight excluding hydrogens is 181 g/mol. The second-order valence-corrected chi connectivity index (χ2v) is 3.61. The molecule has 1 fully saturated rings. The average Bonchev–Trinajstić information content (AvgIpc) is 2.65. The van der Waals surface area contributed by atoms with Crippen LogP contribution in [-0.4, -0.2) is 29.2 Å². The SMILES string of the molecule is Cc1nccc(N2CCC[C@H]2CF)n1. The van der Waals surface area contributed by atoms with Crippen LogP contribution in [0.5, 0.6) is 0 Å². The summed E-state index contributed by atoms with van der Waals surface area (Å²) in [7, 11) is 0. The van der Waals surface area contributed by atoms with E-state index in [1.54, 1.807) is 6.20 Å². The first-order valence-electron chi connectivity index (χ1n) is 4.93. The molecule has 0 N–H and O–H groups in total. The number of aryl methyl sites for hydroxylation is 1. The predicted molar refractivity (Wildman–Crippen MR) is 53.1 cm³/mol. The van der Waals surface area contributed by atoms with E-state index in [-0.39, 0.29) is 12.7 Å². The van der Waals surface area contributed by atoms with Gasteiger partial charge in [0.05, 0.1) is 6.04 Å². The van der Waals surface area contributed by atoms with Crippen molar-refractivity contribution in [3.63, 3.8) is 0 Å². The van der Waals surface area contributed by atoms with Crippen LogP contribution in [0.1, 0.15) is 18.7 Å². The highest BCUT2D eigenvalue weighted by molar-refractivity contribution is 5.40. The molecule has 0 saturated carbocycles. The molecule has 1 aliphatic heterocycles. The lowest BCUT2D eigenvalue weighted by atomic mass is 10.2. The molecule has 14 heavy (non-hydrogen) atoms. The first-order chi connectivity index (χ1) is 6.81. The smallest absolute Gasteiger partial charge is 0.132 e. The number of alkyl halides is 1. The van der Waals surface area contributed by atoms with Crippen molar-refractivity contribution in [2.24, 2.45) is 0 Å². The highest BCUT2D eigenvalue weighted by Gasteiger charge is 2.25. The van der Waals surface area contributed by atoms with Crippen LogP contribution in [0.3, 0.4) is 0 Å². The maximum atomic E-state index is 12.6. The standard InChI is InChI=1S/C10H14FN3/c1-8-12-5-4-10(13-8)14-6-2-3-9(14)7-11/h4-5,9H,2-3,6-7H2,1H3/t9-/m0/s1. The highest BCUT2D eigenvalue weighted by atomic mass is 19.1. The Kier molecular flexibility index (Phi) is 2.61. The summed E-state index contributed by atoms with van der Waals surface area (Å²) in [6.45, 7) is 2.47. The third-order valence-electron chi connectivity index (χ3n) is 2.61. The molecule has 0 aliphatic carbocycles. The van der Waals surface area contributed by atoms with E-state index in [4.69, 9.17) is 0 Å². The van der Waals surface area contributed by atoms with Gasteiger partial charge in [0.15, 0.2) is 0 Å². The van der Waals surface area contributed by atoms with Crippen molar-refractivity contribution in [2.75, 3.05) is 18.1 Å². The molecule has 0 amide bonds. The minimum atomic E-state index is -0.289. The van der Waals surface area contributed by atoms with E-state index in [0.29, 0.717) is 0 Å². The van der Waals surface area contributed by atoms with Crippen LogP contribution in [0.15, 0.2) is 12.3 Å². The van der Waals surface area contributed by atoms with Crippen molar-refractivity contribution in [3.8, 4) is 0 Å². The van der Waals surface area contributed by atoms with Gasteiger partial charge in [-0.3, -0.25) is 0 Å². The van der Waals surface area contributed by atoms with Gasteiger partial charge in [-0.2, -0.15) is 0 Å². The number of nitrogens with zero attached hydrogens (tertiary/aromatic N) is 3. The summed E-state index contributed by atoms with van der Waals surface area (Å²) in [6, 6.07) is 1.87. The Bertz CT molecular complexity index is 316. The van der Waals surface area contributed by atoms with Crippen LogP contribution in [0.2, 0.25) is 0 Å². The van der Waals surface area contributed by atoms with E-state index in [1.165, 1.54) is 0 Å². The minimum Gasteiger partial charge on any atom is -0.351 e. The lowest BCUT2D eigenvalue weighted by Crippen LogP contribution is -2.31. The fraction of sp³-hybridized carbons (Fsp3) is 0.600. The molecular formula is C10H14FN3. The van der Waals surface area contributed by atoms with Crippen LogP contribution in [-0.2, 0) is 0 Å². The van der Waals surface area contributed by atoms with Gasteiger partial charge in [-0.1, -0.05) is 0 Å². The Labute approximate surface area is 83.0 Å². The zero-order valence-corrected chi connectivity index (χ0v) is 8.28. The number of halogens is 1. The molecule has 4 heteroatoms. The molecule has 1 aromatic heterocycles. The molecule has 3 nitrogen and oxygen atoms in total. The van der Waals surface area contributed by atoms with Crippen molar-refractivity contribution >= 4 is 5.82 Å². The Morgan fingerprint density at radius 2 is 2.50 bits per heavy atom. The van der Waals surface area contributed by atoms with Crippen LogP contribution in [0, 0.1) is 6.92 Å². The van der Waals surface area contributed by atoms with Crippen molar-refractivity contribution in [3.05, 3.63) is 18.1 Å². The Balaban J connectivity index is 2.21. The largest absolute Gasteiger partial charge is 0.351 e. The zero-order chi connectivity index (χ0) is 9.97. The quantitative estimate of drug-likeness (QED) is 0.719. The number of anilines is 1. The Hall–Kier alpha value is -1.19. The van der Waals surface area contributed by atoms with Crippen LogP contribution in [0.25, 0.3) is 0 Å². The molecule has 2 rings (SSSR count). The summed E-state index contributed by atoms with van der Waals surface area (Å²) >= 11 is 0. The first kappa shape index (κ1) is 9.37. The molecule has 0 aromatic carbocycles. The molecule has 0 radical (unpaired) electrons. The van der Waals surface area contributed by atoms with E-state index in [2.05, 4.69) is 9.97 Å². The molecule has 0 unspecified atom stereocenters. The zero-order valence-electron chi connectivity index (χ0n) is 8.28. The summed E-state index contributed by atoms with van der Waals surface area (Å²) < 4.78 is 12.6. The number of rotatable bonds is 2. The lowest BCUT2D eigenvalue weighted by molar-refractivity contribution is 0.427. The minimum absolute atomic E-state index is 0.0179. The normalized spacial score (nSPS) is 21.6. The third kappa shape index (κ3) is 1.69. The second kappa shape index (κ2) is 3.90. The molecule has 1 aliphatic rings. The maximum absolute atomic E-state index is 12.6. The third-order valence-corrected chi connectivity index (χ3v) is 2.61. The van der Waals surface area contributed by atoms with Crippen molar-refractivity contribution in [1.82, 2.24) is 9.97 Å². The average molecular weight is 195 g/mol. The maximum Gasteiger partial charge on any atom is 0.132 e. The Morgan fingerprint density at radius 1 is 1.64 bits per heavy atom. The van der Waals surface area contributed by atoms with Gasteiger partial charge in [0.1, 0.15) is 18.3 Å². The molecule has 76 valence electrons. The summed E-state index contributed by atoms with van der Waals surface area (Å²) in [5.74, 6) is 1.60. The fourth-order valence-electron chi connectivity index (χ4n) is 1.90. The van der Waals surface area contributed by atoms with Gasteiger partial charge in [0.2, 0.25) is 0 Å². The van der Waals surface area contributed by atoms with Crippen LogP contribution in [0.4, 0.5) is 10.2 Å². The van der Waals surface area contributed by atoms with Gasteiger partial charge in [-0.25, -0.2) is 14.4 Å². The number of hydrogen-bond donors (Lipinski definition) is 0. The van der Waals surface area contributed by atoms with E-state index >= 15 is 0 Å². The van der Waals surface area contributed by atoms with Gasteiger partial charge in [0.25, 0.3) is 0 Å². The van der Waals surface area contributed by atoms with Gasteiger partial charge in [0, 0.05) is 12.7 Å². The van der Waals surface area contributed by atoms with Crippen molar-refractivity contribution in [2.45, 2.75) is 25.8 Å². The first-order valence-corrected chi connectivity index (χ1v) is 4.93. The molecule has 1 aromatic rings. The molecule has 1 atom stereocenters. The monoisotopic (exact) mass is 195 g/mol. The second-order valence-electron chi connectivity index (χ2n) is 3.61. The summed E-state index contributed by atoms with van der Waals surface area (Å²) in [6.07, 6.45) is 3.71. The Morgan fingerprint density at radius 3 is 3.21 bits per heavy atom. The highest BCUT2D eigenvalue weighted by Crippen LogP contribution is 2.23. The topological polar surface area (TPSA) is 29.0 Å². The molecule has 0 bridgehead atoms. The van der Waals surface area contributed by atoms with Crippen molar-refractivity contribution in [1.29, 1.82) is 0 Å². The van der Waals surface area contributed by atoms with Gasteiger partial charge in [-0.15, -0.1) is 0 Å². The van der Waals surface area contributed by atoms with Gasteiger partial charge < -0.3 is 4.90 Å². The number of hydrogen-bond acceptors (Lipinski definition) is 3. The lowest BCUT2D eigenvalue weighted by Gasteiger charge is -2.23. The van der Waals surface area contributed by atoms with Gasteiger partial charge in [-0.05, 0) is 25.8 Å². The summed E-state index contributed by atoms with van der Waals surface area (Å²) in [5.41, 5.74) is 0. The molecule has 2 heterocycles. The van der Waals surface area contributed by atoms with E-state index in [9.17, 15) is 4.39 Å². The summed E-state index contributed by atoms with van der Waals surface area (Å²) in [5, 5.41) is 0. The predicted octanol–water partition coefficient (Wildman–Crippen LogP) is 1.72. The molecule has 1 saturated heterocycles. The van der Waals surface area contributed by atoms with Crippen molar-refractivity contribution < 1.29 is 4.39 Å². The molecule has 0 spiro atoms. The fourth-order valence-corrected chi connectivity index (χ4v) is 1.90. The van der Waals surface area contributed by atoms with E-state index < -0.39 is 0 Å². The van der Waals surface area contributed by atoms with Gasteiger partial charge >= 0.3 is 0 Å². The van der Waals surface area contributed by atoms with E-state index in [1.807, 2.05) is 17.9 Å². The van der Waals surface area contributed by atoms with Crippen LogP contribution < -0.4 is 4.90 Å². The van der Waals surface area contributed by atoms with Crippen LogP contribution >= 0.6 is 0 Å².